The van der Waals surface area contributed by atoms with Crippen LogP contribution in [0.3, 0.4) is 0 Å². The van der Waals surface area contributed by atoms with Crippen LogP contribution < -0.4 is 0 Å². The molecule has 0 amide bonds. The Bertz CT molecular complexity index is 398. The van der Waals surface area contributed by atoms with E-state index in [4.69, 9.17) is 0 Å². The van der Waals surface area contributed by atoms with Crippen LogP contribution in [0, 0.1) is 0 Å². The van der Waals surface area contributed by atoms with Gasteiger partial charge in [0.1, 0.15) is 0 Å². The Labute approximate surface area is 159 Å². The fourth-order valence-electron chi connectivity index (χ4n) is 2.88. The van der Waals surface area contributed by atoms with Crippen LogP contribution in [0.15, 0.2) is 50.6 Å². The average molecular weight is 469 g/mol. The zero-order valence-corrected chi connectivity index (χ0v) is 21.3. The van der Waals surface area contributed by atoms with E-state index in [2.05, 4.69) is 115 Å². The number of allylic oxidation sites excluding steroid dienone is 4. The highest BCUT2D eigenvalue weighted by Crippen LogP contribution is 2.84. The third kappa shape index (κ3) is 3.30. The minimum atomic E-state index is -1.36. The van der Waals surface area contributed by atoms with E-state index in [1.54, 1.807) is 0 Å². The third-order valence-corrected chi connectivity index (χ3v) is 115. The van der Waals surface area contributed by atoms with Crippen molar-refractivity contribution in [3.05, 3.63) is 50.6 Å². The smallest absolute Gasteiger partial charge is 0.163 e. The summed E-state index contributed by atoms with van der Waals surface area (Å²) in [4.78, 5) is 0. The summed E-state index contributed by atoms with van der Waals surface area (Å²) in [6.45, 7) is 16.4. The first kappa shape index (κ1) is 18.7. The van der Waals surface area contributed by atoms with Crippen molar-refractivity contribution in [2.24, 2.45) is 0 Å². The zero-order valence-electron chi connectivity index (χ0n) is 12.4. The molecule has 0 saturated carbocycles. The highest BCUT2D eigenvalue weighted by molar-refractivity contribution is 9.35. The molecule has 4 saturated heterocycles. The van der Waals surface area contributed by atoms with Crippen molar-refractivity contribution in [1.82, 2.24) is 0 Å². The minimum Gasteiger partial charge on any atom is -0.163 e. The monoisotopic (exact) mass is 468 g/mol. The van der Waals surface area contributed by atoms with Gasteiger partial charge in [-0.15, -0.1) is 26.3 Å². The lowest BCUT2D eigenvalue weighted by Gasteiger charge is -2.64. The first-order chi connectivity index (χ1) is 10.5. The van der Waals surface area contributed by atoms with E-state index in [-0.39, 0.29) is 0 Å². The molecule has 0 aliphatic carbocycles. The molecule has 4 rings (SSSR count). The van der Waals surface area contributed by atoms with Gasteiger partial charge in [-0.2, -0.15) is 64.0 Å². The highest BCUT2D eigenvalue weighted by atomic mass is 33.2. The second-order valence-electron chi connectivity index (χ2n) is 5.32. The van der Waals surface area contributed by atoms with Crippen molar-refractivity contribution in [2.75, 3.05) is 0 Å². The quantitative estimate of drug-likeness (QED) is 0.278. The van der Waals surface area contributed by atoms with Crippen LogP contribution in [0.4, 0.5) is 0 Å². The van der Waals surface area contributed by atoms with Crippen molar-refractivity contribution < 1.29 is 0 Å². The van der Waals surface area contributed by atoms with Crippen molar-refractivity contribution in [3.8, 4) is 0 Å². The van der Waals surface area contributed by atoms with E-state index in [0.29, 0.717) is 0 Å². The molecule has 0 aromatic carbocycles. The SMILES string of the molecule is C=CC[Si]12S[Si]3(CC=C)S[Si](CC=C)(S1)S[Si](CC=C)(S2)S3. The molecule has 4 aliphatic rings. The van der Waals surface area contributed by atoms with Crippen LogP contribution in [0.5, 0.6) is 0 Å². The normalized spacial score (nSPS) is 45.5. The van der Waals surface area contributed by atoms with Crippen LogP contribution in [0.1, 0.15) is 0 Å². The molecule has 10 heteroatoms. The van der Waals surface area contributed by atoms with Gasteiger partial charge in [0.15, 0.2) is 0 Å². The van der Waals surface area contributed by atoms with Crippen molar-refractivity contribution >= 4 is 86.1 Å². The summed E-state index contributed by atoms with van der Waals surface area (Å²) in [5.41, 5.74) is -5.45. The molecule has 0 spiro atoms. The Kier molecular flexibility index (Phi) is 5.88. The van der Waals surface area contributed by atoms with Gasteiger partial charge in [-0.05, 0) is 24.2 Å². The summed E-state index contributed by atoms with van der Waals surface area (Å²) in [5.74, 6) is 0. The first-order valence-corrected chi connectivity index (χ1v) is 29.6. The maximum atomic E-state index is 4.10. The molecule has 22 heavy (non-hydrogen) atoms. The molecule has 0 N–H and O–H groups in total. The van der Waals surface area contributed by atoms with Crippen molar-refractivity contribution in [2.45, 2.75) is 24.2 Å². The van der Waals surface area contributed by atoms with Gasteiger partial charge in [-0.1, -0.05) is 24.3 Å². The summed E-state index contributed by atoms with van der Waals surface area (Å²) in [7, 11) is 14.8. The lowest BCUT2D eigenvalue weighted by Crippen LogP contribution is -2.62. The first-order valence-electron chi connectivity index (χ1n) is 7.13. The molecular weight excluding hydrogens is 449 g/mol. The number of rotatable bonds is 8. The molecule has 0 aromatic heterocycles. The predicted octanol–water partition coefficient (Wildman–Crippen LogP) is 6.93. The van der Waals surface area contributed by atoms with Gasteiger partial charge in [0.05, 0.1) is 0 Å². The molecule has 4 aliphatic heterocycles. The summed E-state index contributed by atoms with van der Waals surface area (Å²) >= 11 is 0. The van der Waals surface area contributed by atoms with Gasteiger partial charge < -0.3 is 0 Å². The number of hydrogen-bond acceptors (Lipinski definition) is 6. The Morgan fingerprint density at radius 3 is 0.773 bits per heavy atom. The van der Waals surface area contributed by atoms with Crippen LogP contribution in [-0.2, 0) is 0 Å². The van der Waals surface area contributed by atoms with E-state index in [0.717, 1.165) is 0 Å². The maximum Gasteiger partial charge on any atom is 0.229 e. The average Bonchev–Trinajstić information content (AvgIpc) is 2.36. The van der Waals surface area contributed by atoms with E-state index in [1.165, 1.54) is 24.2 Å². The zero-order chi connectivity index (χ0) is 15.9. The summed E-state index contributed by atoms with van der Waals surface area (Å²) in [5, 5.41) is 0. The van der Waals surface area contributed by atoms with E-state index < -0.39 is 22.1 Å². The fourth-order valence-corrected chi connectivity index (χ4v) is 245. The Hall–Kier alpha value is 1.93. The highest BCUT2D eigenvalue weighted by Gasteiger charge is 2.74. The second-order valence-corrected chi connectivity index (χ2v) is 62.7. The molecule has 0 aromatic rings. The maximum absolute atomic E-state index is 4.10. The van der Waals surface area contributed by atoms with Crippen LogP contribution in [0.25, 0.3) is 0 Å². The molecule has 0 radical (unpaired) electrons. The molecule has 4 fully saturated rings. The lowest BCUT2D eigenvalue weighted by molar-refractivity contribution is 1.71. The van der Waals surface area contributed by atoms with Crippen LogP contribution >= 0.6 is 64.0 Å². The molecule has 4 heterocycles. The Balaban J connectivity index is 2.07. The van der Waals surface area contributed by atoms with Gasteiger partial charge >= 0.3 is 0 Å². The van der Waals surface area contributed by atoms with Gasteiger partial charge in [0.2, 0.25) is 22.1 Å². The fraction of sp³-hybridized carbons (Fsp3) is 0.333. The van der Waals surface area contributed by atoms with Crippen LogP contribution in [-0.4, -0.2) is 22.1 Å². The van der Waals surface area contributed by atoms with Crippen molar-refractivity contribution in [3.63, 3.8) is 0 Å². The molecule has 0 unspecified atom stereocenters. The van der Waals surface area contributed by atoms with E-state index in [9.17, 15) is 0 Å². The molecule has 0 nitrogen and oxygen atoms in total. The van der Waals surface area contributed by atoms with Gasteiger partial charge in [-0.25, -0.2) is 0 Å². The summed E-state index contributed by atoms with van der Waals surface area (Å²) in [6.07, 6.45) is 8.87. The van der Waals surface area contributed by atoms with E-state index in [1.807, 2.05) is 0 Å². The van der Waals surface area contributed by atoms with E-state index >= 15 is 0 Å². The standard InChI is InChI=1S/C12H20S6Si4/c1-5-9-19-13-20(10-6-2)16-21(14-19,11-7-3)18-22(15-19,17-20)12-8-4/h5-8H,1-4,9-12H2. The van der Waals surface area contributed by atoms with Crippen LogP contribution in [0.2, 0.25) is 24.2 Å². The van der Waals surface area contributed by atoms with Gasteiger partial charge in [0, 0.05) is 0 Å². The molecule has 4 bridgehead atoms. The summed E-state index contributed by atoms with van der Waals surface area (Å²) in [6, 6.07) is 5.10. The molecule has 120 valence electrons. The van der Waals surface area contributed by atoms with Gasteiger partial charge in [-0.3, -0.25) is 0 Å². The molecule has 0 atom stereocenters. The largest absolute Gasteiger partial charge is 0.229 e. The molecular formula is C12H20S6Si4. The van der Waals surface area contributed by atoms with Gasteiger partial charge in [0.25, 0.3) is 0 Å². The second kappa shape index (κ2) is 6.91. The third-order valence-electron chi connectivity index (χ3n) is 3.44. The Morgan fingerprint density at radius 2 is 0.636 bits per heavy atom. The lowest BCUT2D eigenvalue weighted by atomic mass is 10.8. The number of hydrogen-bond donors (Lipinski definition) is 0. The van der Waals surface area contributed by atoms with Crippen molar-refractivity contribution in [1.29, 1.82) is 0 Å². The summed E-state index contributed by atoms with van der Waals surface area (Å²) < 4.78 is 0. The minimum absolute atomic E-state index is 1.28. The topological polar surface area (TPSA) is 0 Å². The Morgan fingerprint density at radius 1 is 0.455 bits per heavy atom. The predicted molar refractivity (Wildman–Crippen MR) is 129 cm³/mol.